The largest absolute Gasteiger partial charge is 0.481 e. The predicted octanol–water partition coefficient (Wildman–Crippen LogP) is 3.56. The Labute approximate surface area is 154 Å². The van der Waals surface area contributed by atoms with Crippen LogP contribution in [0.5, 0.6) is 5.75 Å². The first-order valence-corrected chi connectivity index (χ1v) is 8.97. The minimum Gasteiger partial charge on any atom is -0.481 e. The van der Waals surface area contributed by atoms with Crippen molar-refractivity contribution >= 4 is 11.6 Å². The molecule has 0 spiro atoms. The van der Waals surface area contributed by atoms with Crippen molar-refractivity contribution in [2.75, 3.05) is 31.1 Å². The van der Waals surface area contributed by atoms with Crippen molar-refractivity contribution in [2.45, 2.75) is 26.9 Å². The van der Waals surface area contributed by atoms with Gasteiger partial charge in [-0.05, 0) is 62.2 Å². The van der Waals surface area contributed by atoms with Crippen LogP contribution in [-0.4, -0.2) is 43.1 Å². The maximum absolute atomic E-state index is 13.1. The zero-order chi connectivity index (χ0) is 18.7. The lowest BCUT2D eigenvalue weighted by molar-refractivity contribution is -0.138. The van der Waals surface area contributed by atoms with Gasteiger partial charge in [0.25, 0.3) is 5.91 Å². The van der Waals surface area contributed by atoms with Crippen LogP contribution in [0.4, 0.5) is 10.1 Å². The molecular weight excluding hydrogens is 331 g/mol. The van der Waals surface area contributed by atoms with E-state index in [2.05, 4.69) is 4.90 Å². The van der Waals surface area contributed by atoms with Gasteiger partial charge in [0.05, 0.1) is 0 Å². The summed E-state index contributed by atoms with van der Waals surface area (Å²) in [5.41, 5.74) is 3.12. The third kappa shape index (κ3) is 4.15. The topological polar surface area (TPSA) is 32.8 Å². The Kier molecular flexibility index (Phi) is 5.45. The number of aryl methyl sites for hydroxylation is 2. The van der Waals surface area contributed by atoms with Crippen molar-refractivity contribution in [2.24, 2.45) is 0 Å². The van der Waals surface area contributed by atoms with Crippen molar-refractivity contribution in [1.29, 1.82) is 0 Å². The number of carbonyl (C=O) groups is 1. The molecule has 3 rings (SSSR count). The molecule has 1 aliphatic heterocycles. The molecule has 1 fully saturated rings. The molecule has 1 aliphatic rings. The van der Waals surface area contributed by atoms with E-state index in [-0.39, 0.29) is 11.7 Å². The van der Waals surface area contributed by atoms with Gasteiger partial charge >= 0.3 is 0 Å². The van der Waals surface area contributed by atoms with Gasteiger partial charge in [-0.2, -0.15) is 0 Å². The number of rotatable bonds is 4. The number of amides is 1. The summed E-state index contributed by atoms with van der Waals surface area (Å²) >= 11 is 0. The molecule has 26 heavy (non-hydrogen) atoms. The first-order valence-electron chi connectivity index (χ1n) is 8.97. The van der Waals surface area contributed by atoms with Crippen LogP contribution >= 0.6 is 0 Å². The van der Waals surface area contributed by atoms with Gasteiger partial charge in [-0.15, -0.1) is 0 Å². The summed E-state index contributed by atoms with van der Waals surface area (Å²) in [6, 6.07) is 12.5. The van der Waals surface area contributed by atoms with Crippen molar-refractivity contribution in [1.82, 2.24) is 4.90 Å². The van der Waals surface area contributed by atoms with Crippen LogP contribution in [0.25, 0.3) is 0 Å². The summed E-state index contributed by atoms with van der Waals surface area (Å²) in [6.45, 7) is 8.52. The summed E-state index contributed by atoms with van der Waals surface area (Å²) < 4.78 is 19.0. The predicted molar refractivity (Wildman–Crippen MR) is 101 cm³/mol. The Morgan fingerprint density at radius 1 is 1.04 bits per heavy atom. The lowest BCUT2D eigenvalue weighted by Crippen LogP contribution is -2.52. The number of piperazine rings is 1. The SMILES string of the molecule is Cc1ccc(C)c(O[C@@H](C)C(=O)N2CCN(c3ccc(F)cc3)CC2)c1. The molecule has 0 saturated carbocycles. The molecular formula is C21H25FN2O2. The molecule has 0 aliphatic carbocycles. The van der Waals surface area contributed by atoms with E-state index in [1.807, 2.05) is 36.9 Å². The number of carbonyl (C=O) groups excluding carboxylic acids is 1. The Bertz CT molecular complexity index is 768. The van der Waals surface area contributed by atoms with E-state index in [0.29, 0.717) is 13.1 Å². The maximum atomic E-state index is 13.1. The summed E-state index contributed by atoms with van der Waals surface area (Å²) in [7, 11) is 0. The Morgan fingerprint density at radius 2 is 1.69 bits per heavy atom. The van der Waals surface area contributed by atoms with E-state index in [1.54, 1.807) is 19.1 Å². The van der Waals surface area contributed by atoms with Gasteiger partial charge in [-0.25, -0.2) is 4.39 Å². The van der Waals surface area contributed by atoms with Crippen molar-refractivity contribution in [3.63, 3.8) is 0 Å². The summed E-state index contributed by atoms with van der Waals surface area (Å²) in [6.07, 6.45) is -0.520. The number of hydrogen-bond donors (Lipinski definition) is 0. The average Bonchev–Trinajstić information content (AvgIpc) is 2.65. The van der Waals surface area contributed by atoms with Crippen LogP contribution in [0, 0.1) is 19.7 Å². The minimum absolute atomic E-state index is 0.00432. The molecule has 0 bridgehead atoms. The maximum Gasteiger partial charge on any atom is 0.263 e. The van der Waals surface area contributed by atoms with Crippen LogP contribution in [0.2, 0.25) is 0 Å². The van der Waals surface area contributed by atoms with Crippen molar-refractivity contribution < 1.29 is 13.9 Å². The average molecular weight is 356 g/mol. The number of halogens is 1. The van der Waals surface area contributed by atoms with Crippen molar-refractivity contribution in [3.05, 3.63) is 59.4 Å². The monoisotopic (exact) mass is 356 g/mol. The standard InChI is InChI=1S/C21H25FN2O2/c1-15-4-5-16(2)20(14-15)26-17(3)21(25)24-12-10-23(11-13-24)19-8-6-18(22)7-9-19/h4-9,14,17H,10-13H2,1-3H3/t17-/m0/s1. The van der Waals surface area contributed by atoms with Gasteiger partial charge in [0.2, 0.25) is 0 Å². The molecule has 1 atom stereocenters. The van der Waals surface area contributed by atoms with Crippen molar-refractivity contribution in [3.8, 4) is 5.75 Å². The second kappa shape index (κ2) is 7.77. The fourth-order valence-electron chi connectivity index (χ4n) is 3.17. The lowest BCUT2D eigenvalue weighted by Gasteiger charge is -2.37. The molecule has 0 N–H and O–H groups in total. The highest BCUT2D eigenvalue weighted by Gasteiger charge is 2.26. The van der Waals surface area contributed by atoms with E-state index in [4.69, 9.17) is 4.74 Å². The summed E-state index contributed by atoms with van der Waals surface area (Å²) in [5.74, 6) is 0.528. The first-order chi connectivity index (χ1) is 12.4. The van der Waals surface area contributed by atoms with Crippen LogP contribution in [0.1, 0.15) is 18.1 Å². The molecule has 0 aromatic heterocycles. The van der Waals surface area contributed by atoms with Crippen LogP contribution < -0.4 is 9.64 Å². The normalized spacial score (nSPS) is 15.7. The second-order valence-electron chi connectivity index (χ2n) is 6.82. The molecule has 138 valence electrons. The lowest BCUT2D eigenvalue weighted by atomic mass is 10.1. The van der Waals surface area contributed by atoms with E-state index in [9.17, 15) is 9.18 Å². The highest BCUT2D eigenvalue weighted by Crippen LogP contribution is 2.22. The van der Waals surface area contributed by atoms with E-state index in [1.165, 1.54) is 12.1 Å². The Hall–Kier alpha value is -2.56. The Morgan fingerprint density at radius 3 is 2.35 bits per heavy atom. The zero-order valence-electron chi connectivity index (χ0n) is 15.5. The van der Waals surface area contributed by atoms with Crippen LogP contribution in [-0.2, 0) is 4.79 Å². The van der Waals surface area contributed by atoms with Gasteiger partial charge in [0.15, 0.2) is 6.10 Å². The summed E-state index contributed by atoms with van der Waals surface area (Å²) in [4.78, 5) is 16.7. The molecule has 2 aromatic carbocycles. The van der Waals surface area contributed by atoms with E-state index in [0.717, 1.165) is 35.7 Å². The first kappa shape index (κ1) is 18.2. The number of benzene rings is 2. The highest BCUT2D eigenvalue weighted by atomic mass is 19.1. The number of ether oxygens (including phenoxy) is 1. The van der Waals surface area contributed by atoms with Gasteiger partial charge in [-0.1, -0.05) is 12.1 Å². The fraction of sp³-hybridized carbons (Fsp3) is 0.381. The van der Waals surface area contributed by atoms with Gasteiger partial charge in [0.1, 0.15) is 11.6 Å². The molecule has 0 radical (unpaired) electrons. The molecule has 1 amide bonds. The molecule has 2 aromatic rings. The molecule has 0 unspecified atom stereocenters. The van der Waals surface area contributed by atoms with E-state index >= 15 is 0 Å². The smallest absolute Gasteiger partial charge is 0.263 e. The zero-order valence-corrected chi connectivity index (χ0v) is 15.5. The number of hydrogen-bond acceptors (Lipinski definition) is 3. The minimum atomic E-state index is -0.520. The van der Waals surface area contributed by atoms with Crippen LogP contribution in [0.3, 0.4) is 0 Å². The summed E-state index contributed by atoms with van der Waals surface area (Å²) in [5, 5.41) is 0. The third-order valence-corrected chi connectivity index (χ3v) is 4.78. The number of nitrogens with zero attached hydrogens (tertiary/aromatic N) is 2. The second-order valence-corrected chi connectivity index (χ2v) is 6.82. The molecule has 1 heterocycles. The highest BCUT2D eigenvalue weighted by molar-refractivity contribution is 5.81. The molecule has 1 saturated heterocycles. The van der Waals surface area contributed by atoms with Gasteiger partial charge in [-0.3, -0.25) is 4.79 Å². The number of anilines is 1. The fourth-order valence-corrected chi connectivity index (χ4v) is 3.17. The van der Waals surface area contributed by atoms with E-state index < -0.39 is 6.10 Å². The Balaban J connectivity index is 1.57. The molecule has 4 nitrogen and oxygen atoms in total. The van der Waals surface area contributed by atoms with Gasteiger partial charge in [0, 0.05) is 31.9 Å². The molecule has 5 heteroatoms. The third-order valence-electron chi connectivity index (χ3n) is 4.78. The van der Waals surface area contributed by atoms with Gasteiger partial charge < -0.3 is 14.5 Å². The quantitative estimate of drug-likeness (QED) is 0.840. The van der Waals surface area contributed by atoms with Crippen LogP contribution in [0.15, 0.2) is 42.5 Å².